The first-order chi connectivity index (χ1) is 8.97. The summed E-state index contributed by atoms with van der Waals surface area (Å²) in [6, 6.07) is 9.28. The minimum absolute atomic E-state index is 0.190. The second-order valence-corrected chi connectivity index (χ2v) is 5.91. The highest BCUT2D eigenvalue weighted by atomic mass is 127. The number of halogens is 3. The lowest BCUT2D eigenvalue weighted by Crippen LogP contribution is -2.14. The Morgan fingerprint density at radius 1 is 1.26 bits per heavy atom. The zero-order valence-corrected chi connectivity index (χ0v) is 13.3. The van der Waals surface area contributed by atoms with Crippen molar-refractivity contribution < 1.29 is 9.18 Å². The van der Waals surface area contributed by atoms with Crippen molar-refractivity contribution in [1.29, 1.82) is 0 Å². The van der Waals surface area contributed by atoms with Gasteiger partial charge >= 0.3 is 0 Å². The highest BCUT2D eigenvalue weighted by Crippen LogP contribution is 2.23. The number of amides is 1. The number of carbonyl (C=O) groups is 1. The Morgan fingerprint density at radius 2 is 2.00 bits per heavy atom. The summed E-state index contributed by atoms with van der Waals surface area (Å²) in [5.74, 6) is -0.741. The number of hydrogen-bond acceptors (Lipinski definition) is 2. The van der Waals surface area contributed by atoms with Crippen molar-refractivity contribution in [1.82, 2.24) is 0 Å². The molecule has 2 rings (SSSR count). The van der Waals surface area contributed by atoms with Gasteiger partial charge in [-0.25, -0.2) is 4.39 Å². The van der Waals surface area contributed by atoms with Crippen molar-refractivity contribution in [3.8, 4) is 0 Å². The number of nitrogens with two attached hydrogens (primary N) is 1. The normalized spacial score (nSPS) is 10.3. The summed E-state index contributed by atoms with van der Waals surface area (Å²) >= 11 is 5.44. The molecule has 3 nitrogen and oxygen atoms in total. The molecular weight excluding hydrogens is 426 g/mol. The summed E-state index contributed by atoms with van der Waals surface area (Å²) in [5, 5.41) is 2.66. The lowest BCUT2D eigenvalue weighted by atomic mass is 10.2. The van der Waals surface area contributed by atoms with Gasteiger partial charge in [-0.2, -0.15) is 0 Å². The van der Waals surface area contributed by atoms with Gasteiger partial charge in [-0.1, -0.05) is 0 Å². The van der Waals surface area contributed by atoms with Gasteiger partial charge in [0.05, 0.1) is 16.9 Å². The van der Waals surface area contributed by atoms with E-state index < -0.39 is 5.82 Å². The molecule has 0 aliphatic carbocycles. The lowest BCUT2D eigenvalue weighted by molar-refractivity contribution is 0.102. The van der Waals surface area contributed by atoms with Crippen molar-refractivity contribution in [2.24, 2.45) is 0 Å². The van der Waals surface area contributed by atoms with E-state index in [1.165, 1.54) is 18.2 Å². The molecule has 0 aliphatic rings. The molecule has 1 amide bonds. The van der Waals surface area contributed by atoms with Crippen molar-refractivity contribution >= 4 is 55.8 Å². The number of rotatable bonds is 2. The van der Waals surface area contributed by atoms with E-state index in [4.69, 9.17) is 5.73 Å². The van der Waals surface area contributed by atoms with Crippen LogP contribution < -0.4 is 11.1 Å². The van der Waals surface area contributed by atoms with E-state index in [0.717, 1.165) is 3.57 Å². The van der Waals surface area contributed by atoms with Gasteiger partial charge in [-0.05, 0) is 74.9 Å². The summed E-state index contributed by atoms with van der Waals surface area (Å²) in [4.78, 5) is 12.1. The standard InChI is InChI=1S/C13H9BrFIN2O/c14-10-3-2-8(16)6-9(10)13(19)18-12-4-1-7(15)5-11(12)17/h1-6H,17H2,(H,18,19). The number of nitrogens with one attached hydrogen (secondary N) is 1. The number of carbonyl (C=O) groups excluding carboxylic acids is 1. The quantitative estimate of drug-likeness (QED) is 0.553. The van der Waals surface area contributed by atoms with Crippen LogP contribution in [0.25, 0.3) is 0 Å². The summed E-state index contributed by atoms with van der Waals surface area (Å²) in [7, 11) is 0. The topological polar surface area (TPSA) is 55.1 Å². The van der Waals surface area contributed by atoms with Crippen LogP contribution in [0.15, 0.2) is 40.9 Å². The minimum atomic E-state index is -0.439. The summed E-state index contributed by atoms with van der Waals surface area (Å²) < 4.78 is 14.6. The van der Waals surface area contributed by atoms with Gasteiger partial charge in [-0.15, -0.1) is 0 Å². The third kappa shape index (κ3) is 3.44. The number of hydrogen-bond donors (Lipinski definition) is 2. The van der Waals surface area contributed by atoms with Crippen LogP contribution in [0, 0.1) is 9.39 Å². The molecule has 6 heteroatoms. The third-order valence-corrected chi connectivity index (χ3v) is 3.80. The molecule has 0 atom stereocenters. The van der Waals surface area contributed by atoms with E-state index in [1.807, 2.05) is 6.07 Å². The Labute approximate surface area is 131 Å². The Kier molecular flexibility index (Phi) is 4.41. The average Bonchev–Trinajstić information content (AvgIpc) is 2.35. The van der Waals surface area contributed by atoms with Gasteiger partial charge < -0.3 is 11.1 Å². The maximum Gasteiger partial charge on any atom is 0.256 e. The van der Waals surface area contributed by atoms with E-state index >= 15 is 0 Å². The molecule has 0 radical (unpaired) electrons. The third-order valence-electron chi connectivity index (χ3n) is 2.43. The molecule has 0 aliphatic heterocycles. The maximum atomic E-state index is 12.9. The summed E-state index contributed by atoms with van der Waals surface area (Å²) in [6.45, 7) is 0. The molecule has 3 N–H and O–H groups in total. The van der Waals surface area contributed by atoms with Crippen molar-refractivity contribution in [2.45, 2.75) is 0 Å². The Bertz CT molecular complexity index is 649. The lowest BCUT2D eigenvalue weighted by Gasteiger charge is -2.09. The molecule has 2 aromatic carbocycles. The van der Waals surface area contributed by atoms with Gasteiger partial charge in [0.1, 0.15) is 5.82 Å². The van der Waals surface area contributed by atoms with E-state index in [-0.39, 0.29) is 11.6 Å². The highest BCUT2D eigenvalue weighted by Gasteiger charge is 2.12. The van der Waals surface area contributed by atoms with Gasteiger partial charge in [-0.3, -0.25) is 4.79 Å². The number of anilines is 2. The largest absolute Gasteiger partial charge is 0.397 e. The first kappa shape index (κ1) is 14.3. The minimum Gasteiger partial charge on any atom is -0.397 e. The van der Waals surface area contributed by atoms with E-state index in [1.54, 1.807) is 12.1 Å². The van der Waals surface area contributed by atoms with Crippen molar-refractivity contribution in [2.75, 3.05) is 11.1 Å². The van der Waals surface area contributed by atoms with Crippen molar-refractivity contribution in [3.05, 3.63) is 55.8 Å². The molecule has 0 bridgehead atoms. The molecule has 0 saturated carbocycles. The number of nitrogen functional groups attached to an aromatic ring is 1. The van der Waals surface area contributed by atoms with Gasteiger partial charge in [0, 0.05) is 8.04 Å². The highest BCUT2D eigenvalue weighted by molar-refractivity contribution is 14.1. The fraction of sp³-hybridized carbons (Fsp3) is 0. The zero-order valence-electron chi connectivity index (χ0n) is 9.58. The van der Waals surface area contributed by atoms with Crippen LogP contribution >= 0.6 is 38.5 Å². The van der Waals surface area contributed by atoms with Gasteiger partial charge in [0.2, 0.25) is 0 Å². The molecule has 0 heterocycles. The number of benzene rings is 2. The summed E-state index contributed by atoms with van der Waals surface area (Å²) in [5.41, 5.74) is 6.72. The molecule has 98 valence electrons. The first-order valence-electron chi connectivity index (χ1n) is 5.29. The Morgan fingerprint density at radius 3 is 2.68 bits per heavy atom. The predicted octanol–water partition coefficient (Wildman–Crippen LogP) is 4.03. The smallest absolute Gasteiger partial charge is 0.256 e. The van der Waals surface area contributed by atoms with Crippen LogP contribution in [0.5, 0.6) is 0 Å². The van der Waals surface area contributed by atoms with Gasteiger partial charge in [0.25, 0.3) is 5.91 Å². The van der Waals surface area contributed by atoms with E-state index in [2.05, 4.69) is 43.8 Å². The fourth-order valence-electron chi connectivity index (χ4n) is 1.51. The monoisotopic (exact) mass is 434 g/mol. The van der Waals surface area contributed by atoms with Crippen LogP contribution in [0.3, 0.4) is 0 Å². The maximum absolute atomic E-state index is 12.9. The van der Waals surface area contributed by atoms with Crippen LogP contribution in [-0.2, 0) is 0 Å². The van der Waals surface area contributed by atoms with Crippen LogP contribution in [-0.4, -0.2) is 5.91 Å². The summed E-state index contributed by atoms with van der Waals surface area (Å²) in [6.07, 6.45) is 0. The Hall–Kier alpha value is -1.15. The molecular formula is C13H9BrFIN2O. The second-order valence-electron chi connectivity index (χ2n) is 3.81. The van der Waals surface area contributed by atoms with Crippen molar-refractivity contribution in [3.63, 3.8) is 0 Å². The second kappa shape index (κ2) is 5.87. The average molecular weight is 435 g/mol. The molecule has 0 fully saturated rings. The molecule has 0 spiro atoms. The molecule has 2 aromatic rings. The molecule has 0 unspecified atom stereocenters. The van der Waals surface area contributed by atoms with Crippen LogP contribution in [0.4, 0.5) is 15.8 Å². The molecule has 19 heavy (non-hydrogen) atoms. The Balaban J connectivity index is 2.28. The van der Waals surface area contributed by atoms with E-state index in [9.17, 15) is 9.18 Å². The van der Waals surface area contributed by atoms with Gasteiger partial charge in [0.15, 0.2) is 0 Å². The van der Waals surface area contributed by atoms with Crippen LogP contribution in [0.1, 0.15) is 10.4 Å². The molecule has 0 saturated heterocycles. The zero-order chi connectivity index (χ0) is 14.0. The SMILES string of the molecule is Nc1cc(F)ccc1NC(=O)c1cc(I)ccc1Br. The first-order valence-corrected chi connectivity index (χ1v) is 7.16. The van der Waals surface area contributed by atoms with Crippen LogP contribution in [0.2, 0.25) is 0 Å². The fourth-order valence-corrected chi connectivity index (χ4v) is 2.43. The molecule has 0 aromatic heterocycles. The predicted molar refractivity (Wildman–Crippen MR) is 85.6 cm³/mol. The van der Waals surface area contributed by atoms with E-state index in [0.29, 0.717) is 15.7 Å².